The minimum absolute atomic E-state index is 0.0401. The lowest BCUT2D eigenvalue weighted by atomic mass is 10.3. The van der Waals surface area contributed by atoms with Crippen molar-refractivity contribution in [1.82, 2.24) is 20.1 Å². The van der Waals surface area contributed by atoms with Crippen LogP contribution in [-0.2, 0) is 11.3 Å². The number of benzene rings is 1. The van der Waals surface area contributed by atoms with Crippen LogP contribution in [0.15, 0.2) is 29.2 Å². The van der Waals surface area contributed by atoms with Gasteiger partial charge in [-0.25, -0.2) is 4.98 Å². The van der Waals surface area contributed by atoms with Crippen LogP contribution in [-0.4, -0.2) is 45.9 Å². The molecule has 0 spiro atoms. The SMILES string of the molecule is COc1ccc(SCC(=O)N(C)Cc2n[nH]c(C)n2)cc1. The van der Waals surface area contributed by atoms with Gasteiger partial charge in [0.1, 0.15) is 11.6 Å². The molecule has 0 atom stereocenters. The molecule has 0 aliphatic rings. The van der Waals surface area contributed by atoms with Crippen LogP contribution in [0.2, 0.25) is 0 Å². The smallest absolute Gasteiger partial charge is 0.233 e. The molecule has 2 aromatic rings. The van der Waals surface area contributed by atoms with E-state index in [1.807, 2.05) is 31.2 Å². The van der Waals surface area contributed by atoms with Crippen molar-refractivity contribution in [2.45, 2.75) is 18.4 Å². The molecule has 0 unspecified atom stereocenters. The number of hydrogen-bond acceptors (Lipinski definition) is 5. The standard InChI is InChI=1S/C14H18N4O2S/c1-10-15-13(17-16-10)8-18(2)14(19)9-21-12-6-4-11(20-3)5-7-12/h4-7H,8-9H2,1-3H3,(H,15,16,17). The summed E-state index contributed by atoms with van der Waals surface area (Å²) in [6, 6.07) is 7.64. The summed E-state index contributed by atoms with van der Waals surface area (Å²) in [5, 5.41) is 6.79. The van der Waals surface area contributed by atoms with Gasteiger partial charge in [-0.05, 0) is 31.2 Å². The molecule has 1 aromatic heterocycles. The van der Waals surface area contributed by atoms with Gasteiger partial charge in [-0.1, -0.05) is 0 Å². The van der Waals surface area contributed by atoms with E-state index in [0.29, 0.717) is 18.1 Å². The number of nitrogens with one attached hydrogen (secondary N) is 1. The monoisotopic (exact) mass is 306 g/mol. The minimum atomic E-state index is 0.0401. The molecule has 6 nitrogen and oxygen atoms in total. The number of methoxy groups -OCH3 is 1. The number of nitrogens with zero attached hydrogens (tertiary/aromatic N) is 3. The van der Waals surface area contributed by atoms with Crippen LogP contribution in [0.3, 0.4) is 0 Å². The molecule has 0 aliphatic carbocycles. The quantitative estimate of drug-likeness (QED) is 0.825. The molecule has 112 valence electrons. The maximum atomic E-state index is 12.1. The first-order chi connectivity index (χ1) is 10.1. The van der Waals surface area contributed by atoms with E-state index in [1.54, 1.807) is 19.1 Å². The molecular formula is C14H18N4O2S. The van der Waals surface area contributed by atoms with Gasteiger partial charge in [0.2, 0.25) is 5.91 Å². The summed E-state index contributed by atoms with van der Waals surface area (Å²) in [6.07, 6.45) is 0. The van der Waals surface area contributed by atoms with Gasteiger partial charge in [0, 0.05) is 11.9 Å². The van der Waals surface area contributed by atoms with Crippen LogP contribution >= 0.6 is 11.8 Å². The van der Waals surface area contributed by atoms with Gasteiger partial charge < -0.3 is 9.64 Å². The van der Waals surface area contributed by atoms with Crippen LogP contribution in [0.25, 0.3) is 0 Å². The van der Waals surface area contributed by atoms with Crippen molar-refractivity contribution in [3.63, 3.8) is 0 Å². The maximum Gasteiger partial charge on any atom is 0.233 e. The Morgan fingerprint density at radius 2 is 2.10 bits per heavy atom. The van der Waals surface area contributed by atoms with Gasteiger partial charge in [0.05, 0.1) is 19.4 Å². The van der Waals surface area contributed by atoms with Crippen molar-refractivity contribution >= 4 is 17.7 Å². The Kier molecular flexibility index (Phi) is 5.21. The molecule has 0 bridgehead atoms. The highest BCUT2D eigenvalue weighted by Gasteiger charge is 2.12. The van der Waals surface area contributed by atoms with E-state index >= 15 is 0 Å². The predicted octanol–water partition coefficient (Wildman–Crippen LogP) is 1.87. The lowest BCUT2D eigenvalue weighted by molar-refractivity contribution is -0.127. The summed E-state index contributed by atoms with van der Waals surface area (Å²) < 4.78 is 5.10. The molecule has 0 radical (unpaired) electrons. The summed E-state index contributed by atoms with van der Waals surface area (Å²) in [5.41, 5.74) is 0. The van der Waals surface area contributed by atoms with E-state index in [0.717, 1.165) is 16.5 Å². The first-order valence-electron chi connectivity index (χ1n) is 6.47. The van der Waals surface area contributed by atoms with Gasteiger partial charge in [-0.3, -0.25) is 9.89 Å². The highest BCUT2D eigenvalue weighted by Crippen LogP contribution is 2.21. The Morgan fingerprint density at radius 3 is 2.67 bits per heavy atom. The molecule has 0 aliphatic heterocycles. The zero-order valence-corrected chi connectivity index (χ0v) is 13.1. The van der Waals surface area contributed by atoms with Crippen molar-refractivity contribution in [2.24, 2.45) is 0 Å². The van der Waals surface area contributed by atoms with Gasteiger partial charge in [0.25, 0.3) is 0 Å². The average Bonchev–Trinajstić information content (AvgIpc) is 2.90. The van der Waals surface area contributed by atoms with E-state index in [4.69, 9.17) is 4.74 Å². The van der Waals surface area contributed by atoms with Crippen LogP contribution < -0.4 is 4.74 Å². The lowest BCUT2D eigenvalue weighted by Gasteiger charge is -2.14. The van der Waals surface area contributed by atoms with Gasteiger partial charge in [0.15, 0.2) is 5.82 Å². The zero-order valence-electron chi connectivity index (χ0n) is 12.3. The fourth-order valence-corrected chi connectivity index (χ4v) is 2.53. The zero-order chi connectivity index (χ0) is 15.2. The Bertz CT molecular complexity index is 597. The summed E-state index contributed by atoms with van der Waals surface area (Å²) >= 11 is 1.50. The number of hydrogen-bond donors (Lipinski definition) is 1. The van der Waals surface area contributed by atoms with Gasteiger partial charge in [-0.15, -0.1) is 11.8 Å². The Hall–Kier alpha value is -2.02. The van der Waals surface area contributed by atoms with Crippen LogP contribution in [0.5, 0.6) is 5.75 Å². The molecule has 0 saturated carbocycles. The van der Waals surface area contributed by atoms with E-state index < -0.39 is 0 Å². The lowest BCUT2D eigenvalue weighted by Crippen LogP contribution is -2.28. The number of aromatic nitrogens is 3. The van der Waals surface area contributed by atoms with Crippen molar-refractivity contribution in [3.8, 4) is 5.75 Å². The first kappa shape index (κ1) is 15.4. The fourth-order valence-electron chi connectivity index (χ4n) is 1.69. The van der Waals surface area contributed by atoms with Crippen molar-refractivity contribution < 1.29 is 9.53 Å². The number of thioether (sulfide) groups is 1. The molecule has 2 rings (SSSR count). The Labute approximate surface area is 127 Å². The molecule has 1 amide bonds. The highest BCUT2D eigenvalue weighted by atomic mass is 32.2. The summed E-state index contributed by atoms with van der Waals surface area (Å²) in [5.74, 6) is 2.60. The molecular weight excluding hydrogens is 288 g/mol. The number of ether oxygens (including phenoxy) is 1. The number of carbonyl (C=O) groups is 1. The van der Waals surface area contributed by atoms with Gasteiger partial charge >= 0.3 is 0 Å². The largest absolute Gasteiger partial charge is 0.497 e. The summed E-state index contributed by atoms with van der Waals surface area (Å²) in [4.78, 5) is 18.9. The third-order valence-electron chi connectivity index (χ3n) is 2.87. The number of carbonyl (C=O) groups excluding carboxylic acids is 1. The second-order valence-electron chi connectivity index (χ2n) is 4.55. The fraction of sp³-hybridized carbons (Fsp3) is 0.357. The molecule has 1 N–H and O–H groups in total. The number of rotatable bonds is 6. The number of aryl methyl sites for hydroxylation is 1. The number of amides is 1. The topological polar surface area (TPSA) is 71.1 Å². The van der Waals surface area contributed by atoms with E-state index in [2.05, 4.69) is 15.2 Å². The van der Waals surface area contributed by atoms with Crippen molar-refractivity contribution in [1.29, 1.82) is 0 Å². The molecule has 7 heteroatoms. The first-order valence-corrected chi connectivity index (χ1v) is 7.45. The Balaban J connectivity index is 1.82. The number of H-pyrrole nitrogens is 1. The molecule has 0 fully saturated rings. The predicted molar refractivity (Wildman–Crippen MR) is 81.3 cm³/mol. The second kappa shape index (κ2) is 7.12. The van der Waals surface area contributed by atoms with E-state index in [1.165, 1.54) is 11.8 Å². The second-order valence-corrected chi connectivity index (χ2v) is 5.60. The summed E-state index contributed by atoms with van der Waals surface area (Å²) in [6.45, 7) is 2.24. The molecule has 1 heterocycles. The highest BCUT2D eigenvalue weighted by molar-refractivity contribution is 8.00. The normalized spacial score (nSPS) is 10.4. The van der Waals surface area contributed by atoms with Crippen molar-refractivity contribution in [3.05, 3.63) is 35.9 Å². The Morgan fingerprint density at radius 1 is 1.38 bits per heavy atom. The summed E-state index contributed by atoms with van der Waals surface area (Å²) in [7, 11) is 3.38. The van der Waals surface area contributed by atoms with Crippen LogP contribution in [0.4, 0.5) is 0 Å². The van der Waals surface area contributed by atoms with Gasteiger partial charge in [-0.2, -0.15) is 5.10 Å². The third kappa shape index (κ3) is 4.49. The van der Waals surface area contributed by atoms with Crippen LogP contribution in [0.1, 0.15) is 11.6 Å². The maximum absolute atomic E-state index is 12.1. The number of aromatic amines is 1. The minimum Gasteiger partial charge on any atom is -0.497 e. The van der Waals surface area contributed by atoms with Crippen LogP contribution in [0, 0.1) is 6.92 Å². The van der Waals surface area contributed by atoms with E-state index in [-0.39, 0.29) is 5.91 Å². The molecule has 1 aromatic carbocycles. The average molecular weight is 306 g/mol. The molecule has 0 saturated heterocycles. The third-order valence-corrected chi connectivity index (χ3v) is 3.87. The molecule has 21 heavy (non-hydrogen) atoms. The van der Waals surface area contributed by atoms with E-state index in [9.17, 15) is 4.79 Å². The van der Waals surface area contributed by atoms with Crippen molar-refractivity contribution in [2.75, 3.05) is 19.9 Å².